The molecule has 0 aliphatic rings. The summed E-state index contributed by atoms with van der Waals surface area (Å²) in [6, 6.07) is 21.7. The van der Waals surface area contributed by atoms with Crippen molar-refractivity contribution in [3.63, 3.8) is 0 Å². The number of pyridine rings is 1. The molecule has 0 fully saturated rings. The highest BCUT2D eigenvalue weighted by Gasteiger charge is 2.22. The van der Waals surface area contributed by atoms with Crippen LogP contribution in [0.1, 0.15) is 43.2 Å². The molecule has 3 aromatic carbocycles. The Balaban J connectivity index is 1.82. The third-order valence-electron chi connectivity index (χ3n) is 6.03. The van der Waals surface area contributed by atoms with E-state index in [0.29, 0.717) is 35.2 Å². The van der Waals surface area contributed by atoms with Crippen molar-refractivity contribution in [2.45, 2.75) is 46.3 Å². The molecular weight excluding hydrogens is 469 g/mol. The molecule has 0 spiro atoms. The molecular formula is C31H32FNO4. The Morgan fingerprint density at radius 2 is 1.65 bits per heavy atom. The van der Waals surface area contributed by atoms with Crippen LogP contribution in [0.25, 0.3) is 11.3 Å². The zero-order valence-electron chi connectivity index (χ0n) is 21.8. The van der Waals surface area contributed by atoms with Crippen LogP contribution in [-0.4, -0.2) is 17.2 Å². The Kier molecular flexibility index (Phi) is 7.79. The maximum absolute atomic E-state index is 13.8. The van der Waals surface area contributed by atoms with Gasteiger partial charge in [-0.15, -0.1) is 0 Å². The summed E-state index contributed by atoms with van der Waals surface area (Å²) in [7, 11) is 1.47. The number of hydrogen-bond donors (Lipinski definition) is 1. The van der Waals surface area contributed by atoms with Crippen LogP contribution in [0.3, 0.4) is 0 Å². The summed E-state index contributed by atoms with van der Waals surface area (Å²) in [5.41, 5.74) is 4.74. The first-order valence-electron chi connectivity index (χ1n) is 12.1. The highest BCUT2D eigenvalue weighted by atomic mass is 19.1. The minimum Gasteiger partial charge on any atom is -0.493 e. The largest absolute Gasteiger partial charge is 0.493 e. The van der Waals surface area contributed by atoms with Crippen LogP contribution in [0.15, 0.2) is 72.8 Å². The zero-order chi connectivity index (χ0) is 26.6. The van der Waals surface area contributed by atoms with Crippen LogP contribution in [0.2, 0.25) is 0 Å². The van der Waals surface area contributed by atoms with Crippen LogP contribution in [0.4, 0.5) is 4.39 Å². The molecule has 0 amide bonds. The summed E-state index contributed by atoms with van der Waals surface area (Å²) in [5, 5.41) is 9.94. The number of ether oxygens (including phenoxy) is 3. The van der Waals surface area contributed by atoms with E-state index in [1.807, 2.05) is 49.4 Å². The predicted molar refractivity (Wildman–Crippen MR) is 143 cm³/mol. The van der Waals surface area contributed by atoms with Gasteiger partial charge < -0.3 is 19.3 Å². The average Bonchev–Trinajstić information content (AvgIpc) is 2.88. The third-order valence-corrected chi connectivity index (χ3v) is 6.03. The van der Waals surface area contributed by atoms with Crippen LogP contribution >= 0.6 is 0 Å². The molecule has 0 saturated carbocycles. The first-order chi connectivity index (χ1) is 17.7. The molecule has 0 aliphatic carbocycles. The van der Waals surface area contributed by atoms with Gasteiger partial charge in [-0.1, -0.05) is 57.2 Å². The molecule has 1 heterocycles. The molecule has 0 bridgehead atoms. The van der Waals surface area contributed by atoms with E-state index < -0.39 is 5.82 Å². The van der Waals surface area contributed by atoms with E-state index in [-0.39, 0.29) is 17.8 Å². The normalized spacial score (nSPS) is 11.3. The average molecular weight is 502 g/mol. The highest BCUT2D eigenvalue weighted by molar-refractivity contribution is 5.74. The van der Waals surface area contributed by atoms with Gasteiger partial charge in [0.1, 0.15) is 23.9 Å². The van der Waals surface area contributed by atoms with E-state index in [2.05, 4.69) is 31.8 Å². The molecule has 0 atom stereocenters. The molecule has 0 aliphatic heterocycles. The fourth-order valence-corrected chi connectivity index (χ4v) is 4.03. The van der Waals surface area contributed by atoms with E-state index in [4.69, 9.17) is 14.2 Å². The van der Waals surface area contributed by atoms with Crippen molar-refractivity contribution >= 4 is 0 Å². The first kappa shape index (κ1) is 26.2. The number of aryl methyl sites for hydroxylation is 1. The van der Waals surface area contributed by atoms with Gasteiger partial charge in [0.15, 0.2) is 11.5 Å². The number of aliphatic hydroxyl groups excluding tert-OH is 1. The van der Waals surface area contributed by atoms with Crippen molar-refractivity contribution in [1.82, 2.24) is 4.98 Å². The van der Waals surface area contributed by atoms with Crippen molar-refractivity contribution in [3.8, 4) is 34.3 Å². The van der Waals surface area contributed by atoms with Crippen molar-refractivity contribution in [2.75, 3.05) is 7.11 Å². The molecule has 192 valence electrons. The van der Waals surface area contributed by atoms with Crippen LogP contribution in [0, 0.1) is 12.7 Å². The standard InChI is InChI=1S/C31H32FNO4/c1-20-13-22(31(2,3)4)14-29(37-27-12-11-23(32)15-28(27)35-5)30(20)26-17-25(16-24(18-34)33-26)36-19-21-9-7-6-8-10-21/h6-17,34H,18-19H2,1-5H3. The van der Waals surface area contributed by atoms with Crippen LogP contribution < -0.4 is 14.2 Å². The quantitative estimate of drug-likeness (QED) is 0.273. The number of aliphatic hydroxyl groups is 1. The second kappa shape index (κ2) is 11.0. The molecule has 0 unspecified atom stereocenters. The van der Waals surface area contributed by atoms with E-state index in [1.54, 1.807) is 12.1 Å². The van der Waals surface area contributed by atoms with Gasteiger partial charge in [0.25, 0.3) is 0 Å². The van der Waals surface area contributed by atoms with E-state index >= 15 is 0 Å². The lowest BCUT2D eigenvalue weighted by atomic mass is 9.84. The number of hydrogen-bond acceptors (Lipinski definition) is 5. The first-order valence-corrected chi connectivity index (χ1v) is 12.1. The minimum absolute atomic E-state index is 0.140. The summed E-state index contributed by atoms with van der Waals surface area (Å²) >= 11 is 0. The van der Waals surface area contributed by atoms with E-state index in [0.717, 1.165) is 22.3 Å². The fraction of sp³-hybridized carbons (Fsp3) is 0.258. The number of aromatic nitrogens is 1. The zero-order valence-corrected chi connectivity index (χ0v) is 21.8. The molecule has 6 heteroatoms. The Hall–Kier alpha value is -3.90. The Morgan fingerprint density at radius 3 is 2.32 bits per heavy atom. The Morgan fingerprint density at radius 1 is 0.892 bits per heavy atom. The van der Waals surface area contributed by atoms with Crippen molar-refractivity contribution in [3.05, 3.63) is 101 Å². The van der Waals surface area contributed by atoms with Crippen molar-refractivity contribution in [2.24, 2.45) is 0 Å². The highest BCUT2D eigenvalue weighted by Crippen LogP contribution is 2.42. The summed E-state index contributed by atoms with van der Waals surface area (Å²) < 4.78 is 31.6. The summed E-state index contributed by atoms with van der Waals surface area (Å²) in [4.78, 5) is 4.69. The molecule has 4 rings (SSSR count). The maximum atomic E-state index is 13.8. The second-order valence-corrected chi connectivity index (χ2v) is 9.93. The monoisotopic (exact) mass is 501 g/mol. The SMILES string of the molecule is COc1cc(F)ccc1Oc1cc(C(C)(C)C)cc(C)c1-c1cc(OCc2ccccc2)cc(CO)n1. The van der Waals surface area contributed by atoms with Gasteiger partial charge in [0.05, 0.1) is 25.1 Å². The number of benzene rings is 3. The van der Waals surface area contributed by atoms with Crippen LogP contribution in [-0.2, 0) is 18.6 Å². The number of methoxy groups -OCH3 is 1. The van der Waals surface area contributed by atoms with Gasteiger partial charge in [0, 0.05) is 23.8 Å². The van der Waals surface area contributed by atoms with Crippen molar-refractivity contribution in [1.29, 1.82) is 0 Å². The topological polar surface area (TPSA) is 60.8 Å². The minimum atomic E-state index is -0.415. The Bertz CT molecular complexity index is 1380. The molecule has 1 N–H and O–H groups in total. The van der Waals surface area contributed by atoms with E-state index in [9.17, 15) is 9.50 Å². The van der Waals surface area contributed by atoms with Gasteiger partial charge in [0.2, 0.25) is 0 Å². The lowest BCUT2D eigenvalue weighted by Crippen LogP contribution is -2.12. The number of halogens is 1. The van der Waals surface area contributed by atoms with Gasteiger partial charge in [-0.3, -0.25) is 0 Å². The predicted octanol–water partition coefficient (Wildman–Crippen LogP) is 7.37. The molecule has 4 aromatic rings. The molecule has 0 radical (unpaired) electrons. The smallest absolute Gasteiger partial charge is 0.169 e. The summed E-state index contributed by atoms with van der Waals surface area (Å²) in [6.45, 7) is 8.53. The third kappa shape index (κ3) is 6.27. The molecule has 37 heavy (non-hydrogen) atoms. The van der Waals surface area contributed by atoms with Gasteiger partial charge in [-0.25, -0.2) is 9.37 Å². The second-order valence-electron chi connectivity index (χ2n) is 9.93. The number of rotatable bonds is 8. The molecule has 1 aromatic heterocycles. The van der Waals surface area contributed by atoms with E-state index in [1.165, 1.54) is 19.2 Å². The van der Waals surface area contributed by atoms with Crippen LogP contribution in [0.5, 0.6) is 23.0 Å². The molecule has 0 saturated heterocycles. The lowest BCUT2D eigenvalue weighted by molar-refractivity contribution is 0.273. The van der Waals surface area contributed by atoms with Gasteiger partial charge in [-0.05, 0) is 47.2 Å². The van der Waals surface area contributed by atoms with Crippen molar-refractivity contribution < 1.29 is 23.7 Å². The summed E-state index contributed by atoms with van der Waals surface area (Å²) in [5.74, 6) is 1.39. The summed E-state index contributed by atoms with van der Waals surface area (Å²) in [6.07, 6.45) is 0. The number of nitrogens with zero attached hydrogens (tertiary/aromatic N) is 1. The fourth-order valence-electron chi connectivity index (χ4n) is 4.03. The molecule has 5 nitrogen and oxygen atoms in total. The lowest BCUT2D eigenvalue weighted by Gasteiger charge is -2.24. The van der Waals surface area contributed by atoms with Gasteiger partial charge >= 0.3 is 0 Å². The van der Waals surface area contributed by atoms with Gasteiger partial charge in [-0.2, -0.15) is 0 Å². The maximum Gasteiger partial charge on any atom is 0.169 e. The Labute approximate surface area is 217 Å².